The summed E-state index contributed by atoms with van der Waals surface area (Å²) in [4.78, 5) is 27.9. The molecule has 206 valence electrons. The van der Waals surface area contributed by atoms with E-state index in [1.165, 1.54) is 33.5 Å². The molecule has 1 saturated heterocycles. The van der Waals surface area contributed by atoms with Crippen LogP contribution < -0.4 is 0 Å². The molecule has 1 fully saturated rings. The molecule has 1 amide bonds. The smallest absolute Gasteiger partial charge is 0.295 e. The normalized spacial score (nSPS) is 18.0. The van der Waals surface area contributed by atoms with E-state index in [4.69, 9.17) is 4.74 Å². The van der Waals surface area contributed by atoms with Gasteiger partial charge in [-0.3, -0.25) is 9.59 Å². The lowest BCUT2D eigenvalue weighted by Gasteiger charge is -2.26. The summed E-state index contributed by atoms with van der Waals surface area (Å²) in [6, 6.07) is 12.7. The Morgan fingerprint density at radius 2 is 1.58 bits per heavy atom. The van der Waals surface area contributed by atoms with Crippen molar-refractivity contribution in [2.75, 3.05) is 33.4 Å². The number of hydrogen-bond acceptors (Lipinski definition) is 6. The number of sulfonamides is 1. The average molecular weight is 543 g/mol. The van der Waals surface area contributed by atoms with Crippen LogP contribution in [0.15, 0.2) is 59.0 Å². The molecular formula is C29H38N2O6S. The summed E-state index contributed by atoms with van der Waals surface area (Å²) in [6.07, 6.45) is 0.526. The number of methoxy groups -OCH3 is 1. The molecule has 1 heterocycles. The van der Waals surface area contributed by atoms with Gasteiger partial charge in [0.15, 0.2) is 0 Å². The van der Waals surface area contributed by atoms with Crippen molar-refractivity contribution < 1.29 is 27.9 Å². The van der Waals surface area contributed by atoms with E-state index < -0.39 is 27.8 Å². The van der Waals surface area contributed by atoms with Gasteiger partial charge in [-0.15, -0.1) is 0 Å². The van der Waals surface area contributed by atoms with Gasteiger partial charge < -0.3 is 14.7 Å². The van der Waals surface area contributed by atoms with Crippen molar-refractivity contribution in [1.29, 1.82) is 0 Å². The highest BCUT2D eigenvalue weighted by atomic mass is 32.2. The van der Waals surface area contributed by atoms with Gasteiger partial charge in [0.25, 0.3) is 11.7 Å². The molecule has 0 bridgehead atoms. The van der Waals surface area contributed by atoms with Crippen LogP contribution in [-0.2, 0) is 29.8 Å². The standard InChI is InChI=1S/C29H38N2O6S/c1-7-30(8-2)38(35,36)23-16-12-21(13-17-23)26(32)24-25(20-10-14-22(15-11-20)29(3,4)5)31(18-9-19-37-6)28(34)27(24)33/h10-17,25,32H,7-9,18-19H2,1-6H3. The van der Waals surface area contributed by atoms with Gasteiger partial charge in [0.2, 0.25) is 10.0 Å². The Bertz CT molecular complexity index is 1290. The van der Waals surface area contributed by atoms with Gasteiger partial charge in [-0.05, 0) is 47.2 Å². The first-order chi connectivity index (χ1) is 17.9. The van der Waals surface area contributed by atoms with Gasteiger partial charge in [-0.2, -0.15) is 4.31 Å². The number of Topliss-reactive ketones (excluding diaryl/α,β-unsaturated/α-hetero) is 1. The van der Waals surface area contributed by atoms with Crippen LogP contribution in [0.25, 0.3) is 5.76 Å². The van der Waals surface area contributed by atoms with Crippen LogP contribution in [0, 0.1) is 0 Å². The molecule has 1 unspecified atom stereocenters. The van der Waals surface area contributed by atoms with E-state index in [0.29, 0.717) is 31.7 Å². The molecule has 9 heteroatoms. The van der Waals surface area contributed by atoms with E-state index >= 15 is 0 Å². The fourth-order valence-corrected chi connectivity index (χ4v) is 6.11. The molecule has 3 rings (SSSR count). The molecule has 2 aromatic rings. The molecule has 0 aromatic heterocycles. The molecule has 1 N–H and O–H groups in total. The van der Waals surface area contributed by atoms with Gasteiger partial charge >= 0.3 is 0 Å². The molecule has 0 radical (unpaired) electrons. The highest BCUT2D eigenvalue weighted by Crippen LogP contribution is 2.40. The largest absolute Gasteiger partial charge is 0.507 e. The summed E-state index contributed by atoms with van der Waals surface area (Å²) in [6.45, 7) is 11.2. The number of amides is 1. The number of aliphatic hydroxyl groups is 1. The minimum atomic E-state index is -3.68. The van der Waals surface area contributed by atoms with Crippen LogP contribution >= 0.6 is 0 Å². The van der Waals surface area contributed by atoms with Gasteiger partial charge in [0, 0.05) is 38.9 Å². The molecule has 38 heavy (non-hydrogen) atoms. The number of nitrogens with zero attached hydrogens (tertiary/aromatic N) is 2. The summed E-state index contributed by atoms with van der Waals surface area (Å²) < 4.78 is 32.2. The van der Waals surface area contributed by atoms with Crippen molar-refractivity contribution in [2.45, 2.75) is 57.4 Å². The summed E-state index contributed by atoms with van der Waals surface area (Å²) in [7, 11) is -2.11. The van der Waals surface area contributed by atoms with Gasteiger partial charge in [-0.1, -0.05) is 58.9 Å². The molecule has 0 spiro atoms. The Labute approximate surface area is 226 Å². The third kappa shape index (κ3) is 5.85. The van der Waals surface area contributed by atoms with E-state index in [-0.39, 0.29) is 33.8 Å². The predicted octanol–water partition coefficient (Wildman–Crippen LogP) is 4.47. The van der Waals surface area contributed by atoms with E-state index in [1.807, 2.05) is 24.3 Å². The second kappa shape index (κ2) is 11.8. The Kier molecular flexibility index (Phi) is 9.17. The zero-order chi connectivity index (χ0) is 28.3. The van der Waals surface area contributed by atoms with Crippen molar-refractivity contribution >= 4 is 27.5 Å². The quantitative estimate of drug-likeness (QED) is 0.206. The first-order valence-electron chi connectivity index (χ1n) is 12.9. The Morgan fingerprint density at radius 1 is 1.00 bits per heavy atom. The minimum absolute atomic E-state index is 0.0183. The van der Waals surface area contributed by atoms with Gasteiger partial charge in [0.05, 0.1) is 16.5 Å². The van der Waals surface area contributed by atoms with Gasteiger partial charge in [0.1, 0.15) is 5.76 Å². The number of hydrogen-bond donors (Lipinski definition) is 1. The molecule has 0 saturated carbocycles. The third-order valence-electron chi connectivity index (χ3n) is 6.85. The highest BCUT2D eigenvalue weighted by molar-refractivity contribution is 7.89. The SMILES string of the molecule is CCN(CC)S(=O)(=O)c1ccc(C(O)=C2C(=O)C(=O)N(CCCOC)C2c2ccc(C(C)(C)C)cc2)cc1. The second-order valence-electron chi connectivity index (χ2n) is 10.3. The Morgan fingerprint density at radius 3 is 2.08 bits per heavy atom. The predicted molar refractivity (Wildman–Crippen MR) is 147 cm³/mol. The fourth-order valence-electron chi connectivity index (χ4n) is 4.65. The van der Waals surface area contributed by atoms with Crippen LogP contribution in [0.5, 0.6) is 0 Å². The van der Waals surface area contributed by atoms with Gasteiger partial charge in [-0.25, -0.2) is 8.42 Å². The first-order valence-corrected chi connectivity index (χ1v) is 14.3. The summed E-state index contributed by atoms with van der Waals surface area (Å²) in [5.41, 5.74) is 1.97. The molecule has 1 aliphatic rings. The van der Waals surface area contributed by atoms with E-state index in [9.17, 15) is 23.1 Å². The number of ketones is 1. The maximum absolute atomic E-state index is 13.2. The molecular weight excluding hydrogens is 504 g/mol. The lowest BCUT2D eigenvalue weighted by Crippen LogP contribution is -2.31. The molecule has 2 aromatic carbocycles. The van der Waals surface area contributed by atoms with Crippen LogP contribution in [0.2, 0.25) is 0 Å². The first kappa shape index (κ1) is 29.5. The zero-order valence-electron chi connectivity index (χ0n) is 23.0. The lowest BCUT2D eigenvalue weighted by molar-refractivity contribution is -0.140. The number of likely N-dealkylation sites (tertiary alicyclic amines) is 1. The van der Waals surface area contributed by atoms with Crippen LogP contribution in [0.1, 0.15) is 63.8 Å². The molecule has 1 atom stereocenters. The zero-order valence-corrected chi connectivity index (χ0v) is 23.8. The van der Waals surface area contributed by atoms with E-state index in [0.717, 1.165) is 5.56 Å². The van der Waals surface area contributed by atoms with Crippen molar-refractivity contribution in [3.63, 3.8) is 0 Å². The molecule has 0 aliphatic carbocycles. The maximum atomic E-state index is 13.2. The van der Waals surface area contributed by atoms with Crippen molar-refractivity contribution in [3.8, 4) is 0 Å². The number of carbonyl (C=O) groups is 2. The summed E-state index contributed by atoms with van der Waals surface area (Å²) in [5, 5.41) is 11.3. The maximum Gasteiger partial charge on any atom is 0.295 e. The minimum Gasteiger partial charge on any atom is -0.507 e. The van der Waals surface area contributed by atoms with E-state index in [2.05, 4.69) is 20.8 Å². The number of ether oxygens (including phenoxy) is 1. The van der Waals surface area contributed by atoms with Crippen molar-refractivity contribution in [2.24, 2.45) is 0 Å². The molecule has 8 nitrogen and oxygen atoms in total. The second-order valence-corrected chi connectivity index (χ2v) is 12.3. The third-order valence-corrected chi connectivity index (χ3v) is 8.91. The number of benzene rings is 2. The van der Waals surface area contributed by atoms with Crippen LogP contribution in [0.4, 0.5) is 0 Å². The van der Waals surface area contributed by atoms with Crippen LogP contribution in [-0.4, -0.2) is 67.8 Å². The summed E-state index contributed by atoms with van der Waals surface area (Å²) >= 11 is 0. The fraction of sp³-hybridized carbons (Fsp3) is 0.448. The lowest BCUT2D eigenvalue weighted by atomic mass is 9.85. The topological polar surface area (TPSA) is 104 Å². The Hall–Kier alpha value is -3.01. The number of aliphatic hydroxyl groups excluding tert-OH is 1. The number of rotatable bonds is 10. The van der Waals surface area contributed by atoms with E-state index in [1.54, 1.807) is 21.0 Å². The van der Waals surface area contributed by atoms with Crippen molar-refractivity contribution in [1.82, 2.24) is 9.21 Å². The Balaban J connectivity index is 2.09. The highest BCUT2D eigenvalue weighted by Gasteiger charge is 2.45. The average Bonchev–Trinajstić information content (AvgIpc) is 3.13. The van der Waals surface area contributed by atoms with Crippen LogP contribution in [0.3, 0.4) is 0 Å². The number of carbonyl (C=O) groups excluding carboxylic acids is 2. The molecule has 1 aliphatic heterocycles. The van der Waals surface area contributed by atoms with Crippen molar-refractivity contribution in [3.05, 3.63) is 70.8 Å². The monoisotopic (exact) mass is 542 g/mol. The summed E-state index contributed by atoms with van der Waals surface area (Å²) in [5.74, 6) is -1.80.